The monoisotopic (exact) mass is 290 g/mol. The summed E-state index contributed by atoms with van der Waals surface area (Å²) in [5, 5.41) is 7.27. The second kappa shape index (κ2) is 6.57. The molecule has 0 saturated heterocycles. The minimum atomic E-state index is 0.742. The molecule has 106 valence electrons. The van der Waals surface area contributed by atoms with Gasteiger partial charge in [0.2, 0.25) is 0 Å². The van der Waals surface area contributed by atoms with Gasteiger partial charge in [-0.2, -0.15) is 0 Å². The van der Waals surface area contributed by atoms with Gasteiger partial charge in [0.1, 0.15) is 17.5 Å². The van der Waals surface area contributed by atoms with E-state index in [1.165, 1.54) is 0 Å². The highest BCUT2D eigenvalue weighted by Gasteiger charge is 2.06. The predicted octanol–water partition coefficient (Wildman–Crippen LogP) is 4.18. The first-order chi connectivity index (χ1) is 9.63. The molecule has 0 radical (unpaired) electrons. The zero-order valence-corrected chi connectivity index (χ0v) is 12.8. The fraction of sp³-hybridized carbons (Fsp3) is 0.333. The molecule has 20 heavy (non-hydrogen) atoms. The lowest BCUT2D eigenvalue weighted by Gasteiger charge is -2.12. The molecule has 0 aliphatic heterocycles. The number of nitrogens with zero attached hydrogens (tertiary/aromatic N) is 2. The Morgan fingerprint density at radius 2 is 1.90 bits per heavy atom. The molecule has 0 atom stereocenters. The van der Waals surface area contributed by atoms with E-state index in [1.807, 2.05) is 45.0 Å². The molecule has 4 nitrogen and oxygen atoms in total. The average Bonchev–Trinajstić information content (AvgIpc) is 2.44. The van der Waals surface area contributed by atoms with E-state index in [0.29, 0.717) is 0 Å². The third kappa shape index (κ3) is 3.39. The van der Waals surface area contributed by atoms with Crippen LogP contribution in [0.3, 0.4) is 0 Å². The molecule has 1 aromatic heterocycles. The van der Waals surface area contributed by atoms with Crippen molar-refractivity contribution in [3.63, 3.8) is 0 Å². The SMILES string of the molecule is CCNc1cc(Nc2cccc(Cl)c2C)nc(CC)n1. The molecule has 0 bridgehead atoms. The number of nitrogens with one attached hydrogen (secondary N) is 2. The van der Waals surface area contributed by atoms with E-state index in [2.05, 4.69) is 20.6 Å². The summed E-state index contributed by atoms with van der Waals surface area (Å²) in [5.74, 6) is 2.42. The van der Waals surface area contributed by atoms with Crippen molar-refractivity contribution in [2.24, 2.45) is 0 Å². The summed E-state index contributed by atoms with van der Waals surface area (Å²) >= 11 is 6.13. The molecule has 5 heteroatoms. The second-order valence-corrected chi connectivity index (χ2v) is 4.88. The smallest absolute Gasteiger partial charge is 0.136 e. The molecule has 1 aromatic carbocycles. The van der Waals surface area contributed by atoms with Gasteiger partial charge in [0.25, 0.3) is 0 Å². The fourth-order valence-electron chi connectivity index (χ4n) is 1.87. The van der Waals surface area contributed by atoms with Crippen LogP contribution in [0, 0.1) is 6.92 Å². The Morgan fingerprint density at radius 1 is 1.15 bits per heavy atom. The molecule has 2 aromatic rings. The Labute approximate surface area is 124 Å². The Kier molecular flexibility index (Phi) is 4.79. The van der Waals surface area contributed by atoms with E-state index in [0.717, 1.165) is 46.7 Å². The van der Waals surface area contributed by atoms with Crippen LogP contribution in [0.2, 0.25) is 5.02 Å². The molecule has 2 rings (SSSR count). The van der Waals surface area contributed by atoms with Gasteiger partial charge < -0.3 is 10.6 Å². The number of benzene rings is 1. The lowest BCUT2D eigenvalue weighted by atomic mass is 10.2. The third-order valence-corrected chi connectivity index (χ3v) is 3.39. The van der Waals surface area contributed by atoms with Crippen LogP contribution >= 0.6 is 11.6 Å². The molecule has 0 aliphatic carbocycles. The normalized spacial score (nSPS) is 10.4. The lowest BCUT2D eigenvalue weighted by molar-refractivity contribution is 0.939. The number of anilines is 3. The van der Waals surface area contributed by atoms with Crippen LogP contribution in [0.1, 0.15) is 25.2 Å². The summed E-state index contributed by atoms with van der Waals surface area (Å²) < 4.78 is 0. The maximum absolute atomic E-state index is 6.13. The van der Waals surface area contributed by atoms with E-state index >= 15 is 0 Å². The highest BCUT2D eigenvalue weighted by Crippen LogP contribution is 2.26. The van der Waals surface area contributed by atoms with Gasteiger partial charge in [0.05, 0.1) is 0 Å². The molecule has 0 saturated carbocycles. The van der Waals surface area contributed by atoms with Crippen molar-refractivity contribution in [2.75, 3.05) is 17.2 Å². The van der Waals surface area contributed by atoms with Gasteiger partial charge >= 0.3 is 0 Å². The van der Waals surface area contributed by atoms with Crippen LogP contribution in [-0.2, 0) is 6.42 Å². The van der Waals surface area contributed by atoms with E-state index in [9.17, 15) is 0 Å². The average molecular weight is 291 g/mol. The molecule has 0 aliphatic rings. The minimum absolute atomic E-state index is 0.742. The number of aromatic nitrogens is 2. The van der Waals surface area contributed by atoms with Crippen molar-refractivity contribution in [2.45, 2.75) is 27.2 Å². The minimum Gasteiger partial charge on any atom is -0.370 e. The van der Waals surface area contributed by atoms with Gasteiger partial charge in [0.15, 0.2) is 0 Å². The van der Waals surface area contributed by atoms with Crippen molar-refractivity contribution in [1.82, 2.24) is 9.97 Å². The molecule has 2 N–H and O–H groups in total. The van der Waals surface area contributed by atoms with E-state index in [4.69, 9.17) is 11.6 Å². The van der Waals surface area contributed by atoms with Gasteiger partial charge in [-0.3, -0.25) is 0 Å². The maximum atomic E-state index is 6.13. The van der Waals surface area contributed by atoms with Crippen LogP contribution in [0.15, 0.2) is 24.3 Å². The van der Waals surface area contributed by atoms with Crippen molar-refractivity contribution >= 4 is 28.9 Å². The third-order valence-electron chi connectivity index (χ3n) is 2.98. The van der Waals surface area contributed by atoms with Crippen LogP contribution < -0.4 is 10.6 Å². The highest BCUT2D eigenvalue weighted by molar-refractivity contribution is 6.31. The predicted molar refractivity (Wildman–Crippen MR) is 85.0 cm³/mol. The number of halogens is 1. The first kappa shape index (κ1) is 14.6. The number of rotatable bonds is 5. The number of aryl methyl sites for hydroxylation is 1. The molecule has 0 spiro atoms. The summed E-state index contributed by atoms with van der Waals surface area (Å²) in [6.07, 6.45) is 0.794. The summed E-state index contributed by atoms with van der Waals surface area (Å²) in [5.41, 5.74) is 1.97. The van der Waals surface area contributed by atoms with Crippen molar-refractivity contribution in [3.8, 4) is 0 Å². The summed E-state index contributed by atoms with van der Waals surface area (Å²) in [6, 6.07) is 7.69. The van der Waals surface area contributed by atoms with Gasteiger partial charge in [-0.15, -0.1) is 0 Å². The van der Waals surface area contributed by atoms with E-state index in [-0.39, 0.29) is 0 Å². The van der Waals surface area contributed by atoms with Crippen molar-refractivity contribution < 1.29 is 0 Å². The Balaban J connectivity index is 2.32. The Bertz CT molecular complexity index is 598. The maximum Gasteiger partial charge on any atom is 0.136 e. The van der Waals surface area contributed by atoms with Gasteiger partial charge in [-0.1, -0.05) is 24.6 Å². The largest absolute Gasteiger partial charge is 0.370 e. The van der Waals surface area contributed by atoms with Crippen LogP contribution in [0.25, 0.3) is 0 Å². The van der Waals surface area contributed by atoms with Crippen molar-refractivity contribution in [3.05, 3.63) is 40.7 Å². The Hall–Kier alpha value is -1.81. The zero-order chi connectivity index (χ0) is 14.5. The van der Waals surface area contributed by atoms with Gasteiger partial charge in [-0.05, 0) is 31.5 Å². The standard InChI is InChI=1S/C15H19ClN4/c1-4-13-19-14(17-5-2)9-15(20-13)18-12-8-6-7-11(16)10(12)3/h6-9H,4-5H2,1-3H3,(H2,17,18,19,20). The molecular weight excluding hydrogens is 272 g/mol. The summed E-state index contributed by atoms with van der Waals surface area (Å²) in [4.78, 5) is 8.93. The fourth-order valence-corrected chi connectivity index (χ4v) is 2.05. The van der Waals surface area contributed by atoms with Crippen LogP contribution in [0.5, 0.6) is 0 Å². The zero-order valence-electron chi connectivity index (χ0n) is 12.0. The quantitative estimate of drug-likeness (QED) is 0.867. The lowest BCUT2D eigenvalue weighted by Crippen LogP contribution is -2.06. The van der Waals surface area contributed by atoms with Crippen molar-refractivity contribution in [1.29, 1.82) is 0 Å². The summed E-state index contributed by atoms with van der Waals surface area (Å²) in [6.45, 7) is 6.90. The Morgan fingerprint density at radius 3 is 2.60 bits per heavy atom. The van der Waals surface area contributed by atoms with Gasteiger partial charge in [-0.25, -0.2) is 9.97 Å². The van der Waals surface area contributed by atoms with Crippen LogP contribution in [0.4, 0.5) is 17.3 Å². The van der Waals surface area contributed by atoms with Crippen LogP contribution in [-0.4, -0.2) is 16.5 Å². The highest BCUT2D eigenvalue weighted by atomic mass is 35.5. The topological polar surface area (TPSA) is 49.8 Å². The summed E-state index contributed by atoms with van der Waals surface area (Å²) in [7, 11) is 0. The second-order valence-electron chi connectivity index (χ2n) is 4.48. The number of hydrogen-bond acceptors (Lipinski definition) is 4. The first-order valence-corrected chi connectivity index (χ1v) is 7.15. The molecule has 0 amide bonds. The molecule has 1 heterocycles. The molecular formula is C15H19ClN4. The molecule has 0 fully saturated rings. The van der Waals surface area contributed by atoms with Gasteiger partial charge in [0, 0.05) is 29.7 Å². The first-order valence-electron chi connectivity index (χ1n) is 6.78. The van der Waals surface area contributed by atoms with E-state index < -0.39 is 0 Å². The molecule has 0 unspecified atom stereocenters. The van der Waals surface area contributed by atoms with E-state index in [1.54, 1.807) is 0 Å². The number of hydrogen-bond donors (Lipinski definition) is 2.